The first-order valence-electron chi connectivity index (χ1n) is 10.3. The first-order chi connectivity index (χ1) is 13.3. The third-order valence-electron chi connectivity index (χ3n) is 5.65. The van der Waals surface area contributed by atoms with Gasteiger partial charge in [-0.15, -0.1) is 0 Å². The Morgan fingerprint density at radius 1 is 1.00 bits per heavy atom. The summed E-state index contributed by atoms with van der Waals surface area (Å²) in [6.07, 6.45) is 4.72. The lowest BCUT2D eigenvalue weighted by Gasteiger charge is -2.29. The number of hydrogen-bond acceptors (Lipinski definition) is 3. The van der Waals surface area contributed by atoms with Crippen molar-refractivity contribution in [1.29, 1.82) is 0 Å². The summed E-state index contributed by atoms with van der Waals surface area (Å²) in [5.74, 6) is 0.358. The molecule has 0 unspecified atom stereocenters. The molecule has 0 radical (unpaired) electrons. The Hall–Kier alpha value is -2.37. The van der Waals surface area contributed by atoms with Gasteiger partial charge in [0.15, 0.2) is 0 Å². The largest absolute Gasteiger partial charge is 0.344 e. The molecule has 0 saturated heterocycles. The van der Waals surface area contributed by atoms with Gasteiger partial charge in [0.05, 0.1) is 0 Å². The second-order valence-corrected chi connectivity index (χ2v) is 8.08. The van der Waals surface area contributed by atoms with Crippen LogP contribution in [0.15, 0.2) is 24.3 Å². The van der Waals surface area contributed by atoms with Crippen molar-refractivity contribution < 1.29 is 14.4 Å². The van der Waals surface area contributed by atoms with Gasteiger partial charge >= 0.3 is 0 Å². The van der Waals surface area contributed by atoms with Crippen molar-refractivity contribution in [2.75, 3.05) is 10.6 Å². The van der Waals surface area contributed by atoms with Crippen molar-refractivity contribution in [2.24, 2.45) is 17.8 Å². The molecule has 1 aliphatic carbocycles. The minimum absolute atomic E-state index is 0.00615. The van der Waals surface area contributed by atoms with E-state index in [1.807, 2.05) is 13.8 Å². The number of nitrogens with one attached hydrogen (secondary N) is 3. The summed E-state index contributed by atoms with van der Waals surface area (Å²) in [7, 11) is 0. The van der Waals surface area contributed by atoms with Gasteiger partial charge in [-0.3, -0.25) is 14.4 Å². The van der Waals surface area contributed by atoms with Gasteiger partial charge in [-0.25, -0.2) is 0 Å². The van der Waals surface area contributed by atoms with Gasteiger partial charge in [-0.05, 0) is 61.8 Å². The summed E-state index contributed by atoms with van der Waals surface area (Å²) >= 11 is 0. The standard InChI is InChI=1S/C22H33N3O3/c1-5-15(3)20(25-21(27)17-8-6-14(2)7-9-17)22(28)24-19-12-10-18(11-13-19)23-16(4)26/h10-15,17,20H,5-9H2,1-4H3,(H,23,26)(H,24,28)(H,25,27)/t14?,15-,17?,20-/m0/s1. The molecule has 1 fully saturated rings. The molecule has 3 N–H and O–H groups in total. The van der Waals surface area contributed by atoms with Crippen LogP contribution in [0.1, 0.15) is 59.8 Å². The molecule has 1 aromatic carbocycles. The summed E-state index contributed by atoms with van der Waals surface area (Å²) in [5.41, 5.74) is 1.30. The molecule has 154 valence electrons. The Morgan fingerprint density at radius 2 is 1.54 bits per heavy atom. The maximum Gasteiger partial charge on any atom is 0.247 e. The molecule has 2 rings (SSSR count). The second-order valence-electron chi connectivity index (χ2n) is 8.08. The summed E-state index contributed by atoms with van der Waals surface area (Å²) in [5, 5.41) is 8.58. The number of amides is 3. The highest BCUT2D eigenvalue weighted by atomic mass is 16.2. The third-order valence-corrected chi connectivity index (χ3v) is 5.65. The molecule has 0 aliphatic heterocycles. The molecule has 0 aromatic heterocycles. The molecule has 6 heteroatoms. The molecular weight excluding hydrogens is 354 g/mol. The lowest BCUT2D eigenvalue weighted by atomic mass is 9.82. The van der Waals surface area contributed by atoms with Crippen LogP contribution in [0.3, 0.4) is 0 Å². The smallest absolute Gasteiger partial charge is 0.247 e. The number of carbonyl (C=O) groups excluding carboxylic acids is 3. The molecule has 6 nitrogen and oxygen atoms in total. The van der Waals surface area contributed by atoms with Crippen LogP contribution < -0.4 is 16.0 Å². The van der Waals surface area contributed by atoms with Crippen LogP contribution in [-0.4, -0.2) is 23.8 Å². The zero-order valence-electron chi connectivity index (χ0n) is 17.4. The zero-order chi connectivity index (χ0) is 20.7. The van der Waals surface area contributed by atoms with E-state index in [4.69, 9.17) is 0 Å². The van der Waals surface area contributed by atoms with E-state index in [1.165, 1.54) is 6.92 Å². The van der Waals surface area contributed by atoms with Gasteiger partial charge in [-0.2, -0.15) is 0 Å². The van der Waals surface area contributed by atoms with E-state index in [1.54, 1.807) is 24.3 Å². The Kier molecular flexibility index (Phi) is 8.03. The van der Waals surface area contributed by atoms with E-state index in [-0.39, 0.29) is 29.6 Å². The average Bonchev–Trinajstić information content (AvgIpc) is 2.67. The summed E-state index contributed by atoms with van der Waals surface area (Å²) in [6, 6.07) is 6.38. The number of rotatable bonds is 7. The normalized spacial score (nSPS) is 21.3. The van der Waals surface area contributed by atoms with Gasteiger partial charge in [0.2, 0.25) is 17.7 Å². The van der Waals surface area contributed by atoms with Crippen molar-refractivity contribution in [3.8, 4) is 0 Å². The van der Waals surface area contributed by atoms with Crippen molar-refractivity contribution in [2.45, 2.75) is 65.8 Å². The van der Waals surface area contributed by atoms with Gasteiger partial charge in [0.25, 0.3) is 0 Å². The Morgan fingerprint density at radius 3 is 2.04 bits per heavy atom. The van der Waals surface area contributed by atoms with Gasteiger partial charge < -0.3 is 16.0 Å². The average molecular weight is 388 g/mol. The minimum Gasteiger partial charge on any atom is -0.344 e. The van der Waals surface area contributed by atoms with Crippen molar-refractivity contribution >= 4 is 29.1 Å². The fraction of sp³-hybridized carbons (Fsp3) is 0.591. The molecular formula is C22H33N3O3. The molecule has 0 spiro atoms. The van der Waals surface area contributed by atoms with Crippen molar-refractivity contribution in [3.05, 3.63) is 24.3 Å². The SMILES string of the molecule is CC[C@H](C)[C@H](NC(=O)C1CCC(C)CC1)C(=O)Nc1ccc(NC(C)=O)cc1. The van der Waals surface area contributed by atoms with E-state index >= 15 is 0 Å². The molecule has 3 amide bonds. The molecule has 28 heavy (non-hydrogen) atoms. The Labute approximate surface area is 167 Å². The molecule has 1 saturated carbocycles. The highest BCUT2D eigenvalue weighted by Gasteiger charge is 2.30. The number of carbonyl (C=O) groups is 3. The van der Waals surface area contributed by atoms with Crippen LogP contribution in [-0.2, 0) is 14.4 Å². The van der Waals surface area contributed by atoms with Gasteiger partial charge in [0, 0.05) is 24.2 Å². The maximum atomic E-state index is 12.9. The fourth-order valence-electron chi connectivity index (χ4n) is 3.56. The first-order valence-corrected chi connectivity index (χ1v) is 10.3. The number of anilines is 2. The lowest BCUT2D eigenvalue weighted by Crippen LogP contribution is -2.49. The molecule has 2 atom stereocenters. The molecule has 1 aromatic rings. The zero-order valence-corrected chi connectivity index (χ0v) is 17.4. The first kappa shape index (κ1) is 21.9. The highest BCUT2D eigenvalue weighted by Crippen LogP contribution is 2.28. The monoisotopic (exact) mass is 387 g/mol. The quantitative estimate of drug-likeness (QED) is 0.662. The molecule has 0 heterocycles. The maximum absolute atomic E-state index is 12.9. The third kappa shape index (κ3) is 6.36. The summed E-state index contributed by atoms with van der Waals surface area (Å²) < 4.78 is 0. The predicted molar refractivity (Wildman–Crippen MR) is 112 cm³/mol. The lowest BCUT2D eigenvalue weighted by molar-refractivity contribution is -0.131. The van der Waals surface area contributed by atoms with Crippen LogP contribution in [0.25, 0.3) is 0 Å². The van der Waals surface area contributed by atoms with Crippen LogP contribution in [0.2, 0.25) is 0 Å². The Bertz CT molecular complexity index is 679. The number of benzene rings is 1. The predicted octanol–water partition coefficient (Wildman–Crippen LogP) is 3.94. The van der Waals surface area contributed by atoms with Crippen molar-refractivity contribution in [3.63, 3.8) is 0 Å². The summed E-state index contributed by atoms with van der Waals surface area (Å²) in [6.45, 7) is 7.66. The van der Waals surface area contributed by atoms with Gasteiger partial charge in [0.1, 0.15) is 6.04 Å². The summed E-state index contributed by atoms with van der Waals surface area (Å²) in [4.78, 5) is 36.7. The minimum atomic E-state index is -0.563. The van der Waals surface area contributed by atoms with Crippen LogP contribution in [0.4, 0.5) is 11.4 Å². The van der Waals surface area contributed by atoms with Crippen LogP contribution in [0, 0.1) is 17.8 Å². The highest BCUT2D eigenvalue weighted by molar-refractivity contribution is 5.98. The van der Waals surface area contributed by atoms with Gasteiger partial charge in [-0.1, -0.05) is 27.2 Å². The van der Waals surface area contributed by atoms with Crippen LogP contribution in [0.5, 0.6) is 0 Å². The van der Waals surface area contributed by atoms with Crippen molar-refractivity contribution in [1.82, 2.24) is 5.32 Å². The molecule has 1 aliphatic rings. The fourth-order valence-corrected chi connectivity index (χ4v) is 3.56. The number of hydrogen-bond donors (Lipinski definition) is 3. The van der Waals surface area contributed by atoms with Crippen LogP contribution >= 0.6 is 0 Å². The second kappa shape index (κ2) is 10.2. The van der Waals surface area contributed by atoms with E-state index in [0.29, 0.717) is 17.3 Å². The van der Waals surface area contributed by atoms with E-state index in [0.717, 1.165) is 32.1 Å². The van der Waals surface area contributed by atoms with E-state index in [9.17, 15) is 14.4 Å². The molecule has 0 bridgehead atoms. The topological polar surface area (TPSA) is 87.3 Å². The van der Waals surface area contributed by atoms with E-state index in [2.05, 4.69) is 22.9 Å². The Balaban J connectivity index is 2.00. The van der Waals surface area contributed by atoms with E-state index < -0.39 is 6.04 Å².